The molecule has 0 heterocycles. The monoisotopic (exact) mass is 208 g/mol. The van der Waals surface area contributed by atoms with Crippen LogP contribution in [0.5, 0.6) is 0 Å². The van der Waals surface area contributed by atoms with E-state index in [9.17, 15) is 0 Å². The Labute approximate surface area is 98.0 Å². The molecule has 0 heteroatoms. The second kappa shape index (κ2) is 6.48. The van der Waals surface area contributed by atoms with Gasteiger partial charge in [0, 0.05) is 11.1 Å². The largest absolute Gasteiger partial charge is 0.0988 e. The topological polar surface area (TPSA) is 0 Å². The number of hydrogen-bond acceptors (Lipinski definition) is 0. The molecule has 0 spiro atoms. The average molecular weight is 208 g/mol. The molecule has 0 radical (unpaired) electrons. The molecule has 1 aromatic rings. The van der Waals surface area contributed by atoms with Crippen LogP contribution in [0.1, 0.15) is 19.4 Å². The predicted octanol–water partition coefficient (Wildman–Crippen LogP) is 4.12. The van der Waals surface area contributed by atoms with Gasteiger partial charge in [-0.1, -0.05) is 54.3 Å². The molecule has 0 nitrogen and oxygen atoms in total. The van der Waals surface area contributed by atoms with Crippen molar-refractivity contribution >= 4 is 0 Å². The second-order valence-electron chi connectivity index (χ2n) is 3.45. The van der Waals surface area contributed by atoms with E-state index in [1.807, 2.05) is 62.4 Å². The molecule has 0 amide bonds. The maximum absolute atomic E-state index is 3.72. The summed E-state index contributed by atoms with van der Waals surface area (Å²) in [6, 6.07) is 9.98. The van der Waals surface area contributed by atoms with Crippen LogP contribution in [-0.2, 0) is 0 Å². The van der Waals surface area contributed by atoms with Crippen molar-refractivity contribution in [3.63, 3.8) is 0 Å². The Morgan fingerprint density at radius 3 is 2.50 bits per heavy atom. The highest BCUT2D eigenvalue weighted by Gasteiger charge is 1.87. The Kier molecular flexibility index (Phi) is 4.89. The van der Waals surface area contributed by atoms with E-state index >= 15 is 0 Å². The van der Waals surface area contributed by atoms with Crippen LogP contribution in [0.4, 0.5) is 0 Å². The highest BCUT2D eigenvalue weighted by Crippen LogP contribution is 2.03. The Hall–Kier alpha value is -2.00. The normalized spacial score (nSPS) is 11.6. The maximum Gasteiger partial charge on any atom is 0.0249 e. The van der Waals surface area contributed by atoms with Gasteiger partial charge < -0.3 is 0 Å². The summed E-state index contributed by atoms with van der Waals surface area (Å²) in [5.41, 5.74) is 3.17. The predicted molar refractivity (Wildman–Crippen MR) is 71.0 cm³/mol. The van der Waals surface area contributed by atoms with Crippen LogP contribution < -0.4 is 0 Å². The van der Waals surface area contributed by atoms with E-state index in [1.54, 1.807) is 0 Å². The minimum Gasteiger partial charge on any atom is -0.0988 e. The van der Waals surface area contributed by atoms with Crippen LogP contribution in [0.2, 0.25) is 0 Å². The summed E-state index contributed by atoms with van der Waals surface area (Å²) in [7, 11) is 0. The molecule has 0 aromatic heterocycles. The minimum absolute atomic E-state index is 1.02. The van der Waals surface area contributed by atoms with Gasteiger partial charge in [0.15, 0.2) is 0 Å². The van der Waals surface area contributed by atoms with Crippen LogP contribution in [0.25, 0.3) is 0 Å². The second-order valence-corrected chi connectivity index (χ2v) is 3.45. The minimum atomic E-state index is 1.02. The Morgan fingerprint density at radius 1 is 1.25 bits per heavy atom. The summed E-state index contributed by atoms with van der Waals surface area (Å²) in [6.45, 7) is 7.73. The molecular weight excluding hydrogens is 192 g/mol. The first-order valence-electron chi connectivity index (χ1n) is 5.30. The summed E-state index contributed by atoms with van der Waals surface area (Å²) >= 11 is 0. The molecular formula is C16H16. The van der Waals surface area contributed by atoms with E-state index < -0.39 is 0 Å². The third-order valence-corrected chi connectivity index (χ3v) is 2.14. The Bertz CT molecular complexity index is 462. The lowest BCUT2D eigenvalue weighted by molar-refractivity contribution is 1.50. The molecule has 1 rings (SSSR count). The molecule has 0 aliphatic heterocycles. The molecule has 16 heavy (non-hydrogen) atoms. The van der Waals surface area contributed by atoms with Crippen molar-refractivity contribution in [2.45, 2.75) is 13.8 Å². The van der Waals surface area contributed by atoms with Gasteiger partial charge in [-0.15, -0.1) is 0 Å². The van der Waals surface area contributed by atoms with Crippen LogP contribution in [-0.4, -0.2) is 0 Å². The van der Waals surface area contributed by atoms with Gasteiger partial charge in [-0.3, -0.25) is 0 Å². The van der Waals surface area contributed by atoms with E-state index in [0.29, 0.717) is 0 Å². The summed E-state index contributed by atoms with van der Waals surface area (Å²) < 4.78 is 0. The van der Waals surface area contributed by atoms with E-state index in [-0.39, 0.29) is 0 Å². The first kappa shape index (κ1) is 12.1. The molecule has 80 valence electrons. The SMILES string of the molecule is C=C/C(C)=C\C(C#Cc1ccccc1)=C/C. The van der Waals surface area contributed by atoms with Gasteiger partial charge in [0.2, 0.25) is 0 Å². The molecule has 0 saturated carbocycles. The molecule has 1 aromatic carbocycles. The van der Waals surface area contributed by atoms with Crippen LogP contribution >= 0.6 is 0 Å². The molecule has 0 saturated heterocycles. The van der Waals surface area contributed by atoms with Crippen molar-refractivity contribution in [1.82, 2.24) is 0 Å². The lowest BCUT2D eigenvalue weighted by atomic mass is 10.1. The number of hydrogen-bond donors (Lipinski definition) is 0. The highest BCUT2D eigenvalue weighted by atomic mass is 13.9. The zero-order valence-corrected chi connectivity index (χ0v) is 9.83. The highest BCUT2D eigenvalue weighted by molar-refractivity contribution is 5.46. The van der Waals surface area contributed by atoms with Gasteiger partial charge in [0.25, 0.3) is 0 Å². The van der Waals surface area contributed by atoms with Gasteiger partial charge in [-0.25, -0.2) is 0 Å². The first-order chi connectivity index (χ1) is 7.76. The standard InChI is InChI=1S/C16H16/c1-4-14(3)13-15(5-2)11-12-16-9-7-6-8-10-16/h4-10,13H,1H2,2-3H3/b14-13-,15-5-. The van der Waals surface area contributed by atoms with Crippen LogP contribution in [0.15, 0.2) is 66.3 Å². The quantitative estimate of drug-likeness (QED) is 0.506. The lowest BCUT2D eigenvalue weighted by Gasteiger charge is -1.92. The van der Waals surface area contributed by atoms with Crippen LogP contribution in [0, 0.1) is 11.8 Å². The van der Waals surface area contributed by atoms with Gasteiger partial charge in [0.1, 0.15) is 0 Å². The summed E-state index contributed by atoms with van der Waals surface area (Å²) in [5.74, 6) is 6.27. The molecule has 0 bridgehead atoms. The van der Waals surface area contributed by atoms with Crippen molar-refractivity contribution in [2.75, 3.05) is 0 Å². The number of benzene rings is 1. The fourth-order valence-corrected chi connectivity index (χ4v) is 1.16. The average Bonchev–Trinajstić information content (AvgIpc) is 2.35. The van der Waals surface area contributed by atoms with Gasteiger partial charge >= 0.3 is 0 Å². The summed E-state index contributed by atoms with van der Waals surface area (Å²) in [5, 5.41) is 0. The Balaban J connectivity index is 2.88. The maximum atomic E-state index is 3.72. The third-order valence-electron chi connectivity index (χ3n) is 2.14. The molecule has 0 unspecified atom stereocenters. The van der Waals surface area contributed by atoms with Crippen molar-refractivity contribution in [1.29, 1.82) is 0 Å². The van der Waals surface area contributed by atoms with E-state index in [2.05, 4.69) is 18.4 Å². The van der Waals surface area contributed by atoms with Gasteiger partial charge in [-0.05, 0) is 32.1 Å². The van der Waals surface area contributed by atoms with Crippen molar-refractivity contribution < 1.29 is 0 Å². The zero-order valence-electron chi connectivity index (χ0n) is 9.83. The van der Waals surface area contributed by atoms with Crippen molar-refractivity contribution in [3.8, 4) is 11.8 Å². The fourth-order valence-electron chi connectivity index (χ4n) is 1.16. The van der Waals surface area contributed by atoms with E-state index in [4.69, 9.17) is 0 Å². The third kappa shape index (κ3) is 4.02. The molecule has 0 atom stereocenters. The zero-order chi connectivity index (χ0) is 11.8. The number of allylic oxidation sites excluding steroid dienone is 5. The molecule has 0 aliphatic carbocycles. The van der Waals surface area contributed by atoms with Crippen LogP contribution in [0.3, 0.4) is 0 Å². The lowest BCUT2D eigenvalue weighted by Crippen LogP contribution is -1.76. The first-order valence-corrected chi connectivity index (χ1v) is 5.30. The summed E-state index contributed by atoms with van der Waals surface area (Å²) in [4.78, 5) is 0. The van der Waals surface area contributed by atoms with Gasteiger partial charge in [0.05, 0.1) is 0 Å². The summed E-state index contributed by atoms with van der Waals surface area (Å²) in [6.07, 6.45) is 5.86. The van der Waals surface area contributed by atoms with E-state index in [1.165, 1.54) is 0 Å². The van der Waals surface area contributed by atoms with Crippen molar-refractivity contribution in [2.24, 2.45) is 0 Å². The van der Waals surface area contributed by atoms with Gasteiger partial charge in [-0.2, -0.15) is 0 Å². The Morgan fingerprint density at radius 2 is 1.94 bits per heavy atom. The van der Waals surface area contributed by atoms with E-state index in [0.717, 1.165) is 16.7 Å². The molecule has 0 aliphatic rings. The van der Waals surface area contributed by atoms with Crippen molar-refractivity contribution in [3.05, 3.63) is 71.8 Å². The fraction of sp³-hybridized carbons (Fsp3) is 0.125. The smallest absolute Gasteiger partial charge is 0.0249 e. The number of rotatable bonds is 2. The molecule has 0 N–H and O–H groups in total. The molecule has 0 fully saturated rings.